The molecule has 2 amide bonds. The van der Waals surface area contributed by atoms with Crippen molar-refractivity contribution in [3.63, 3.8) is 0 Å². The fraction of sp³-hybridized carbons (Fsp3) is 0.286. The molecule has 0 saturated carbocycles. The molecular weight excluding hydrogens is 356 g/mol. The predicted molar refractivity (Wildman–Crippen MR) is 107 cm³/mol. The zero-order valence-electron chi connectivity index (χ0n) is 15.9. The van der Waals surface area contributed by atoms with Crippen molar-refractivity contribution in [2.75, 3.05) is 18.5 Å². The van der Waals surface area contributed by atoms with Gasteiger partial charge in [-0.05, 0) is 48.7 Å². The van der Waals surface area contributed by atoms with Crippen LogP contribution in [-0.4, -0.2) is 29.4 Å². The molecule has 0 unspecified atom stereocenters. The maximum absolute atomic E-state index is 11.9. The van der Waals surface area contributed by atoms with E-state index in [9.17, 15) is 4.79 Å². The molecule has 0 saturated heterocycles. The Kier molecular flexibility index (Phi) is 7.01. The summed E-state index contributed by atoms with van der Waals surface area (Å²) in [5.74, 6) is 1.04. The first-order chi connectivity index (χ1) is 13.7. The molecule has 0 fully saturated rings. The summed E-state index contributed by atoms with van der Waals surface area (Å²) in [5, 5.41) is 13.6. The largest absolute Gasteiger partial charge is 0.475 e. The third-order valence-corrected chi connectivity index (χ3v) is 4.08. The minimum Gasteiger partial charge on any atom is -0.475 e. The summed E-state index contributed by atoms with van der Waals surface area (Å²) >= 11 is 0. The highest BCUT2D eigenvalue weighted by molar-refractivity contribution is 5.89. The van der Waals surface area contributed by atoms with Gasteiger partial charge in [0, 0.05) is 11.8 Å². The van der Waals surface area contributed by atoms with Gasteiger partial charge in [-0.1, -0.05) is 25.5 Å². The molecule has 0 aliphatic rings. The average Bonchev–Trinajstić information content (AvgIpc) is 3.26. The summed E-state index contributed by atoms with van der Waals surface area (Å²) < 4.78 is 10.7. The number of amides is 2. The molecule has 2 N–H and O–H groups in total. The van der Waals surface area contributed by atoms with Gasteiger partial charge in [-0.25, -0.2) is 4.79 Å². The monoisotopic (exact) mass is 380 g/mol. The number of rotatable bonds is 9. The van der Waals surface area contributed by atoms with E-state index in [2.05, 4.69) is 27.8 Å². The molecule has 0 atom stereocenters. The van der Waals surface area contributed by atoms with Gasteiger partial charge in [-0.2, -0.15) is 0 Å². The van der Waals surface area contributed by atoms with Crippen LogP contribution in [0.25, 0.3) is 11.5 Å². The number of furan rings is 1. The maximum Gasteiger partial charge on any atom is 0.319 e. The summed E-state index contributed by atoms with van der Waals surface area (Å²) in [6, 6.07) is 14.7. The van der Waals surface area contributed by atoms with Crippen LogP contribution < -0.4 is 15.4 Å². The molecule has 2 aromatic heterocycles. The number of unbranched alkanes of at least 4 members (excludes halogenated alkanes) is 1. The molecule has 0 aliphatic carbocycles. The molecule has 0 aliphatic heterocycles. The minimum absolute atomic E-state index is 0.274. The number of aromatic nitrogens is 2. The lowest BCUT2D eigenvalue weighted by Gasteiger charge is -2.09. The molecule has 0 spiro atoms. The molecule has 7 heteroatoms. The Labute approximate surface area is 164 Å². The third kappa shape index (κ3) is 5.84. The molecule has 3 aromatic rings. The number of carbonyl (C=O) groups excluding carboxylic acids is 1. The first-order valence-corrected chi connectivity index (χ1v) is 9.39. The van der Waals surface area contributed by atoms with Crippen molar-refractivity contribution in [1.29, 1.82) is 0 Å². The maximum atomic E-state index is 11.9. The number of urea groups is 1. The predicted octanol–water partition coefficient (Wildman–Crippen LogP) is 4.28. The second-order valence-electron chi connectivity index (χ2n) is 6.26. The SMILES string of the molecule is CCCCc1ccc(NC(=O)NCCOc2ccc(-c3ccco3)nn2)cc1. The summed E-state index contributed by atoms with van der Waals surface area (Å²) in [4.78, 5) is 11.9. The van der Waals surface area contributed by atoms with Crippen molar-refractivity contribution in [2.24, 2.45) is 0 Å². The number of nitrogens with one attached hydrogen (secondary N) is 2. The number of hydrogen-bond donors (Lipinski definition) is 2. The molecule has 146 valence electrons. The van der Waals surface area contributed by atoms with Crippen molar-refractivity contribution in [2.45, 2.75) is 26.2 Å². The number of carbonyl (C=O) groups is 1. The van der Waals surface area contributed by atoms with Gasteiger partial charge in [0.15, 0.2) is 5.76 Å². The van der Waals surface area contributed by atoms with Crippen LogP contribution in [0.3, 0.4) is 0 Å². The smallest absolute Gasteiger partial charge is 0.319 e. The summed E-state index contributed by atoms with van der Waals surface area (Å²) in [6.45, 7) is 2.81. The van der Waals surface area contributed by atoms with Crippen molar-refractivity contribution in [1.82, 2.24) is 15.5 Å². The van der Waals surface area contributed by atoms with E-state index in [1.807, 2.05) is 30.3 Å². The van der Waals surface area contributed by atoms with E-state index in [-0.39, 0.29) is 12.6 Å². The number of aryl methyl sites for hydroxylation is 1. The van der Waals surface area contributed by atoms with Crippen molar-refractivity contribution in [3.05, 3.63) is 60.4 Å². The summed E-state index contributed by atoms with van der Waals surface area (Å²) in [6.07, 6.45) is 4.98. The molecule has 2 heterocycles. The van der Waals surface area contributed by atoms with Crippen molar-refractivity contribution in [3.8, 4) is 17.3 Å². The number of ether oxygens (including phenoxy) is 1. The highest BCUT2D eigenvalue weighted by Crippen LogP contribution is 2.17. The van der Waals surface area contributed by atoms with Crippen LogP contribution in [0.2, 0.25) is 0 Å². The Balaban J connectivity index is 1.36. The van der Waals surface area contributed by atoms with E-state index < -0.39 is 0 Å². The van der Waals surface area contributed by atoms with E-state index in [0.717, 1.165) is 12.1 Å². The summed E-state index contributed by atoms with van der Waals surface area (Å²) in [5.41, 5.74) is 2.67. The van der Waals surface area contributed by atoms with Gasteiger partial charge in [0.2, 0.25) is 5.88 Å². The molecular formula is C21H24N4O3. The molecule has 28 heavy (non-hydrogen) atoms. The lowest BCUT2D eigenvalue weighted by molar-refractivity contribution is 0.246. The Morgan fingerprint density at radius 1 is 1.11 bits per heavy atom. The van der Waals surface area contributed by atoms with E-state index >= 15 is 0 Å². The van der Waals surface area contributed by atoms with Crippen LogP contribution in [0.1, 0.15) is 25.3 Å². The van der Waals surface area contributed by atoms with E-state index in [4.69, 9.17) is 9.15 Å². The number of nitrogens with zero attached hydrogens (tertiary/aromatic N) is 2. The van der Waals surface area contributed by atoms with Crippen LogP contribution >= 0.6 is 0 Å². The number of benzene rings is 1. The minimum atomic E-state index is -0.274. The zero-order chi connectivity index (χ0) is 19.6. The number of hydrogen-bond acceptors (Lipinski definition) is 5. The van der Waals surface area contributed by atoms with Crippen LogP contribution in [0.4, 0.5) is 10.5 Å². The highest BCUT2D eigenvalue weighted by Gasteiger charge is 2.05. The topological polar surface area (TPSA) is 89.3 Å². The van der Waals surface area contributed by atoms with Gasteiger partial charge in [-0.15, -0.1) is 10.2 Å². The molecule has 1 aromatic carbocycles. The van der Waals surface area contributed by atoms with Gasteiger partial charge in [0.1, 0.15) is 12.3 Å². The van der Waals surface area contributed by atoms with Crippen LogP contribution in [0.5, 0.6) is 5.88 Å². The quantitative estimate of drug-likeness (QED) is 0.541. The second-order valence-corrected chi connectivity index (χ2v) is 6.26. The standard InChI is InChI=1S/C21H24N4O3/c1-2-3-5-16-7-9-17(10-8-16)23-21(26)22-13-15-28-20-12-11-18(24-25-20)19-6-4-14-27-19/h4,6-12,14H,2-3,5,13,15H2,1H3,(H2,22,23,26). The zero-order valence-corrected chi connectivity index (χ0v) is 15.9. The summed E-state index contributed by atoms with van der Waals surface area (Å²) in [7, 11) is 0. The van der Waals surface area contributed by atoms with Crippen LogP contribution in [-0.2, 0) is 6.42 Å². The van der Waals surface area contributed by atoms with Gasteiger partial charge >= 0.3 is 6.03 Å². The fourth-order valence-electron chi connectivity index (χ4n) is 2.58. The number of anilines is 1. The van der Waals surface area contributed by atoms with Crippen LogP contribution in [0.15, 0.2) is 59.2 Å². The van der Waals surface area contributed by atoms with E-state index in [1.165, 1.54) is 18.4 Å². The lowest BCUT2D eigenvalue weighted by Crippen LogP contribution is -2.32. The van der Waals surface area contributed by atoms with E-state index in [0.29, 0.717) is 23.9 Å². The normalized spacial score (nSPS) is 10.5. The molecule has 7 nitrogen and oxygen atoms in total. The van der Waals surface area contributed by atoms with Crippen molar-refractivity contribution < 1.29 is 13.9 Å². The Hall–Kier alpha value is -3.35. The fourth-order valence-corrected chi connectivity index (χ4v) is 2.58. The van der Waals surface area contributed by atoms with Gasteiger partial charge in [0.25, 0.3) is 0 Å². The van der Waals surface area contributed by atoms with E-state index in [1.54, 1.807) is 24.5 Å². The van der Waals surface area contributed by atoms with Crippen molar-refractivity contribution >= 4 is 11.7 Å². The Morgan fingerprint density at radius 3 is 2.64 bits per heavy atom. The highest BCUT2D eigenvalue weighted by atomic mass is 16.5. The average molecular weight is 380 g/mol. The Bertz CT molecular complexity index is 846. The molecule has 0 radical (unpaired) electrons. The first kappa shape index (κ1) is 19.4. The third-order valence-electron chi connectivity index (χ3n) is 4.08. The first-order valence-electron chi connectivity index (χ1n) is 9.39. The lowest BCUT2D eigenvalue weighted by atomic mass is 10.1. The van der Waals surface area contributed by atoms with Gasteiger partial charge < -0.3 is 19.8 Å². The van der Waals surface area contributed by atoms with Gasteiger partial charge in [-0.3, -0.25) is 0 Å². The Morgan fingerprint density at radius 2 is 1.96 bits per heavy atom. The second kappa shape index (κ2) is 10.1. The van der Waals surface area contributed by atoms with Crippen LogP contribution in [0, 0.1) is 0 Å². The van der Waals surface area contributed by atoms with Gasteiger partial charge in [0.05, 0.1) is 12.8 Å². The molecule has 3 rings (SSSR count). The molecule has 0 bridgehead atoms.